The topological polar surface area (TPSA) is 68.5 Å². The molecule has 3 aromatic rings. The van der Waals surface area contributed by atoms with Gasteiger partial charge in [-0.05, 0) is 61.7 Å². The fourth-order valence-corrected chi connectivity index (χ4v) is 3.56. The number of hydrogen-bond donors (Lipinski definition) is 0. The van der Waals surface area contributed by atoms with Gasteiger partial charge >= 0.3 is 0 Å². The van der Waals surface area contributed by atoms with Crippen LogP contribution in [-0.4, -0.2) is 34.1 Å². The summed E-state index contributed by atoms with van der Waals surface area (Å²) in [6.07, 6.45) is 1.97. The third kappa shape index (κ3) is 4.29. The van der Waals surface area contributed by atoms with E-state index in [9.17, 15) is 9.18 Å². The summed E-state index contributed by atoms with van der Waals surface area (Å²) < 4.78 is 24.0. The second kappa shape index (κ2) is 8.43. The van der Waals surface area contributed by atoms with Crippen molar-refractivity contribution in [3.05, 3.63) is 65.8 Å². The number of aromatic nitrogens is 2. The van der Waals surface area contributed by atoms with Crippen molar-refractivity contribution >= 4 is 5.91 Å². The highest BCUT2D eigenvalue weighted by Crippen LogP contribution is 2.32. The Kier molecular flexibility index (Phi) is 5.55. The lowest BCUT2D eigenvalue weighted by molar-refractivity contribution is -0.131. The molecule has 2 heterocycles. The minimum atomic E-state index is -0.320. The Bertz CT molecular complexity index is 970. The summed E-state index contributed by atoms with van der Waals surface area (Å²) in [5, 5.41) is 4.01. The summed E-state index contributed by atoms with van der Waals surface area (Å²) in [6.45, 7) is 3.20. The van der Waals surface area contributed by atoms with Gasteiger partial charge in [0.05, 0.1) is 13.0 Å². The Balaban J connectivity index is 1.46. The molecule has 2 aromatic carbocycles. The van der Waals surface area contributed by atoms with E-state index in [0.29, 0.717) is 36.9 Å². The second-order valence-corrected chi connectivity index (χ2v) is 6.96. The molecule has 0 N–H and O–H groups in total. The highest BCUT2D eigenvalue weighted by molar-refractivity contribution is 5.79. The molecule has 29 heavy (non-hydrogen) atoms. The van der Waals surface area contributed by atoms with Crippen LogP contribution in [0.1, 0.15) is 37.3 Å². The maximum absolute atomic E-state index is 13.1. The summed E-state index contributed by atoms with van der Waals surface area (Å²) in [4.78, 5) is 19.1. The first kappa shape index (κ1) is 19.1. The van der Waals surface area contributed by atoms with Crippen LogP contribution in [0, 0.1) is 5.82 Å². The van der Waals surface area contributed by atoms with Gasteiger partial charge in [-0.25, -0.2) is 4.39 Å². The smallest absolute Gasteiger partial charge is 0.249 e. The molecule has 1 atom stereocenters. The average molecular weight is 395 g/mol. The van der Waals surface area contributed by atoms with Crippen molar-refractivity contribution in [2.45, 2.75) is 32.2 Å². The summed E-state index contributed by atoms with van der Waals surface area (Å²) in [6, 6.07) is 13.3. The van der Waals surface area contributed by atoms with Gasteiger partial charge in [-0.15, -0.1) is 0 Å². The van der Waals surface area contributed by atoms with Gasteiger partial charge in [-0.2, -0.15) is 4.98 Å². The summed E-state index contributed by atoms with van der Waals surface area (Å²) >= 11 is 0. The largest absolute Gasteiger partial charge is 0.494 e. The van der Waals surface area contributed by atoms with Crippen molar-refractivity contribution in [3.8, 4) is 17.1 Å². The van der Waals surface area contributed by atoms with Crippen LogP contribution in [-0.2, 0) is 11.2 Å². The molecule has 1 aliphatic heterocycles. The van der Waals surface area contributed by atoms with E-state index in [1.807, 2.05) is 31.2 Å². The minimum Gasteiger partial charge on any atom is -0.494 e. The molecule has 150 valence electrons. The average Bonchev–Trinajstić information content (AvgIpc) is 3.40. The molecule has 0 saturated carbocycles. The van der Waals surface area contributed by atoms with Crippen molar-refractivity contribution in [1.82, 2.24) is 15.0 Å². The monoisotopic (exact) mass is 395 g/mol. The maximum atomic E-state index is 13.1. The molecule has 1 fully saturated rings. The molecule has 4 rings (SSSR count). The fraction of sp³-hybridized carbons (Fsp3) is 0.318. The van der Waals surface area contributed by atoms with Crippen LogP contribution in [0.25, 0.3) is 11.4 Å². The molecular weight excluding hydrogens is 373 g/mol. The van der Waals surface area contributed by atoms with Crippen molar-refractivity contribution in [1.29, 1.82) is 0 Å². The van der Waals surface area contributed by atoms with Gasteiger partial charge in [0.1, 0.15) is 17.6 Å². The van der Waals surface area contributed by atoms with Crippen molar-refractivity contribution in [2.75, 3.05) is 13.2 Å². The number of benzene rings is 2. The standard InChI is InChI=1S/C22H22FN3O3/c1-2-28-18-11-5-15(6-12-18)14-20(27)26-13-3-4-19(26)22-24-21(25-29-22)16-7-9-17(23)10-8-16/h5-12,19H,2-4,13-14H2,1H3. The van der Waals surface area contributed by atoms with E-state index in [-0.39, 0.29) is 17.8 Å². The van der Waals surface area contributed by atoms with Gasteiger partial charge in [0.2, 0.25) is 17.6 Å². The second-order valence-electron chi connectivity index (χ2n) is 6.96. The number of ether oxygens (including phenoxy) is 1. The lowest BCUT2D eigenvalue weighted by atomic mass is 10.1. The number of nitrogens with zero attached hydrogens (tertiary/aromatic N) is 3. The van der Waals surface area contributed by atoms with Crippen LogP contribution in [0.4, 0.5) is 4.39 Å². The van der Waals surface area contributed by atoms with Crippen LogP contribution < -0.4 is 4.74 Å². The van der Waals surface area contributed by atoms with E-state index >= 15 is 0 Å². The third-order valence-electron chi connectivity index (χ3n) is 4.99. The van der Waals surface area contributed by atoms with Crippen molar-refractivity contribution in [3.63, 3.8) is 0 Å². The number of halogens is 1. The van der Waals surface area contributed by atoms with Gasteiger partial charge in [0, 0.05) is 12.1 Å². The predicted molar refractivity (Wildman–Crippen MR) is 105 cm³/mol. The maximum Gasteiger partial charge on any atom is 0.249 e. The highest BCUT2D eigenvalue weighted by atomic mass is 19.1. The third-order valence-corrected chi connectivity index (χ3v) is 4.99. The Morgan fingerprint density at radius 2 is 1.97 bits per heavy atom. The van der Waals surface area contributed by atoms with Crippen LogP contribution in [0.5, 0.6) is 5.75 Å². The lowest BCUT2D eigenvalue weighted by Crippen LogP contribution is -2.32. The number of carbonyl (C=O) groups is 1. The van der Waals surface area contributed by atoms with Crippen LogP contribution >= 0.6 is 0 Å². The molecule has 6 nitrogen and oxygen atoms in total. The number of hydrogen-bond acceptors (Lipinski definition) is 5. The Morgan fingerprint density at radius 3 is 2.69 bits per heavy atom. The highest BCUT2D eigenvalue weighted by Gasteiger charge is 2.34. The van der Waals surface area contributed by atoms with Crippen molar-refractivity contribution < 1.29 is 18.4 Å². The van der Waals surface area contributed by atoms with Gasteiger partial charge < -0.3 is 14.2 Å². The molecule has 0 aliphatic carbocycles. The SMILES string of the molecule is CCOc1ccc(CC(=O)N2CCCC2c2nc(-c3ccc(F)cc3)no2)cc1. The molecule has 1 unspecified atom stereocenters. The molecular formula is C22H22FN3O3. The predicted octanol–water partition coefficient (Wildman–Crippen LogP) is 4.18. The van der Waals surface area contributed by atoms with E-state index in [1.54, 1.807) is 17.0 Å². The van der Waals surface area contributed by atoms with Gasteiger partial charge in [0.25, 0.3) is 0 Å². The zero-order valence-electron chi connectivity index (χ0n) is 16.2. The first-order valence-electron chi connectivity index (χ1n) is 9.75. The van der Waals surface area contributed by atoms with Crippen molar-refractivity contribution in [2.24, 2.45) is 0 Å². The number of amides is 1. The first-order valence-corrected chi connectivity index (χ1v) is 9.75. The number of rotatable bonds is 6. The molecule has 7 heteroatoms. The summed E-state index contributed by atoms with van der Waals surface area (Å²) in [5.74, 6) is 1.31. The molecule has 0 radical (unpaired) electrons. The zero-order valence-corrected chi connectivity index (χ0v) is 16.2. The fourth-order valence-electron chi connectivity index (χ4n) is 3.56. The number of carbonyl (C=O) groups excluding carboxylic acids is 1. The van der Waals surface area contributed by atoms with Crippen LogP contribution in [0.15, 0.2) is 53.1 Å². The Morgan fingerprint density at radius 1 is 1.21 bits per heavy atom. The van der Waals surface area contributed by atoms with Gasteiger partial charge in [-0.3, -0.25) is 4.79 Å². The summed E-state index contributed by atoms with van der Waals surface area (Å²) in [7, 11) is 0. The normalized spacial score (nSPS) is 16.2. The molecule has 1 aliphatic rings. The van der Waals surface area contributed by atoms with E-state index < -0.39 is 0 Å². The van der Waals surface area contributed by atoms with Gasteiger partial charge in [-0.1, -0.05) is 17.3 Å². The molecule has 1 amide bonds. The number of likely N-dealkylation sites (tertiary alicyclic amines) is 1. The van der Waals surface area contributed by atoms with E-state index in [2.05, 4.69) is 10.1 Å². The Hall–Kier alpha value is -3.22. The minimum absolute atomic E-state index is 0.0261. The van der Waals surface area contributed by atoms with E-state index in [0.717, 1.165) is 24.2 Å². The Labute approximate surface area is 168 Å². The quantitative estimate of drug-likeness (QED) is 0.626. The zero-order chi connectivity index (χ0) is 20.2. The summed E-state index contributed by atoms with van der Waals surface area (Å²) in [5.41, 5.74) is 1.60. The molecule has 0 bridgehead atoms. The first-order chi connectivity index (χ1) is 14.1. The van der Waals surface area contributed by atoms with Gasteiger partial charge in [0.15, 0.2) is 0 Å². The van der Waals surface area contributed by atoms with E-state index in [1.165, 1.54) is 12.1 Å². The van der Waals surface area contributed by atoms with E-state index in [4.69, 9.17) is 9.26 Å². The van der Waals surface area contributed by atoms with Crippen LogP contribution in [0.2, 0.25) is 0 Å². The molecule has 0 spiro atoms. The lowest BCUT2D eigenvalue weighted by Gasteiger charge is -2.22. The molecule has 1 saturated heterocycles. The molecule has 1 aromatic heterocycles. The van der Waals surface area contributed by atoms with Crippen LogP contribution in [0.3, 0.4) is 0 Å².